The van der Waals surface area contributed by atoms with Gasteiger partial charge in [-0.25, -0.2) is 4.98 Å². The second-order valence-corrected chi connectivity index (χ2v) is 14.7. The quantitative estimate of drug-likeness (QED) is 0.248. The topological polar surface area (TPSA) is 36.3 Å². The van der Waals surface area contributed by atoms with Gasteiger partial charge in [0.2, 0.25) is 0 Å². The van der Waals surface area contributed by atoms with Gasteiger partial charge in [-0.3, -0.25) is 0 Å². The molecule has 0 atom stereocenters. The Morgan fingerprint density at radius 3 is 2.74 bits per heavy atom. The number of pyridine rings is 1. The van der Waals surface area contributed by atoms with Crippen molar-refractivity contribution in [2.45, 2.75) is 42.2 Å². The molecule has 0 aliphatic heterocycles. The second kappa shape index (κ2) is 8.69. The average Bonchev–Trinajstić information content (AvgIpc) is 2.95. The number of benzene rings is 1. The van der Waals surface area contributed by atoms with E-state index in [2.05, 4.69) is 36.9 Å². The molecule has 0 N–H and O–H groups in total. The van der Waals surface area contributed by atoms with E-state index in [1.807, 2.05) is 34.9 Å². The molecule has 0 aliphatic rings. The molecule has 0 aliphatic carbocycles. The van der Waals surface area contributed by atoms with Crippen molar-refractivity contribution in [1.82, 2.24) is 9.55 Å². The summed E-state index contributed by atoms with van der Waals surface area (Å²) in [6.07, 6.45) is 2.09. The lowest BCUT2D eigenvalue weighted by Crippen LogP contribution is -2.22. The SMILES string of the molecule is COc1cccc(Sc2cn(COCC[Si](C)(C)C)c3nc(Cl)ccc23)c1. The highest BCUT2D eigenvalue weighted by molar-refractivity contribution is 7.99. The Bertz CT molecular complexity index is 924. The van der Waals surface area contributed by atoms with Crippen LogP contribution >= 0.6 is 23.4 Å². The predicted octanol–water partition coefficient (Wildman–Crippen LogP) is 6.16. The smallest absolute Gasteiger partial charge is 0.144 e. The van der Waals surface area contributed by atoms with E-state index < -0.39 is 8.07 Å². The van der Waals surface area contributed by atoms with Crippen LogP contribution in [-0.2, 0) is 11.5 Å². The second-order valence-electron chi connectivity index (χ2n) is 7.60. The normalized spacial score (nSPS) is 11.9. The fourth-order valence-corrected chi connectivity index (χ4v) is 4.55. The molecule has 144 valence electrons. The molecule has 2 heterocycles. The van der Waals surface area contributed by atoms with E-state index in [4.69, 9.17) is 21.1 Å². The summed E-state index contributed by atoms with van der Waals surface area (Å²) in [5.41, 5.74) is 0.848. The lowest BCUT2D eigenvalue weighted by Gasteiger charge is -2.15. The Balaban J connectivity index is 1.83. The third-order valence-electron chi connectivity index (χ3n) is 4.15. The maximum atomic E-state index is 6.14. The molecular formula is C20H25ClN2O2SSi. The molecule has 27 heavy (non-hydrogen) atoms. The van der Waals surface area contributed by atoms with Gasteiger partial charge in [-0.15, -0.1) is 0 Å². The van der Waals surface area contributed by atoms with Crippen molar-refractivity contribution in [2.75, 3.05) is 13.7 Å². The fourth-order valence-electron chi connectivity index (χ4n) is 2.62. The summed E-state index contributed by atoms with van der Waals surface area (Å²) in [7, 11) is 0.580. The summed E-state index contributed by atoms with van der Waals surface area (Å²) in [6.45, 7) is 8.31. The number of nitrogens with zero attached hydrogens (tertiary/aromatic N) is 2. The number of aromatic nitrogens is 2. The molecule has 0 unspecified atom stereocenters. The molecular weight excluding hydrogens is 396 g/mol. The van der Waals surface area contributed by atoms with Crippen LogP contribution in [-0.4, -0.2) is 31.3 Å². The first-order chi connectivity index (χ1) is 12.9. The van der Waals surface area contributed by atoms with Crippen LogP contribution in [0.3, 0.4) is 0 Å². The summed E-state index contributed by atoms with van der Waals surface area (Å²) in [4.78, 5) is 6.75. The van der Waals surface area contributed by atoms with E-state index in [1.54, 1.807) is 18.9 Å². The van der Waals surface area contributed by atoms with E-state index in [-0.39, 0.29) is 0 Å². The Morgan fingerprint density at radius 1 is 1.19 bits per heavy atom. The van der Waals surface area contributed by atoms with Crippen molar-refractivity contribution in [3.8, 4) is 5.75 Å². The maximum absolute atomic E-state index is 6.14. The lowest BCUT2D eigenvalue weighted by atomic mass is 10.3. The average molecular weight is 421 g/mol. The molecule has 0 bridgehead atoms. The van der Waals surface area contributed by atoms with Gasteiger partial charge in [-0.05, 0) is 36.4 Å². The van der Waals surface area contributed by atoms with Crippen LogP contribution in [0.2, 0.25) is 30.8 Å². The maximum Gasteiger partial charge on any atom is 0.144 e. The van der Waals surface area contributed by atoms with Gasteiger partial charge in [0.1, 0.15) is 23.3 Å². The zero-order valence-electron chi connectivity index (χ0n) is 16.2. The molecule has 2 aromatic heterocycles. The van der Waals surface area contributed by atoms with Crippen LogP contribution in [0.25, 0.3) is 11.0 Å². The first-order valence-electron chi connectivity index (χ1n) is 8.91. The van der Waals surface area contributed by atoms with Crippen molar-refractivity contribution in [1.29, 1.82) is 0 Å². The van der Waals surface area contributed by atoms with Gasteiger partial charge in [0, 0.05) is 36.1 Å². The Morgan fingerprint density at radius 2 is 2.00 bits per heavy atom. The number of methoxy groups -OCH3 is 1. The molecule has 0 amide bonds. The molecule has 0 saturated heterocycles. The van der Waals surface area contributed by atoms with Crippen LogP contribution in [0.4, 0.5) is 0 Å². The monoisotopic (exact) mass is 420 g/mol. The van der Waals surface area contributed by atoms with Gasteiger partial charge in [0.05, 0.1) is 7.11 Å². The van der Waals surface area contributed by atoms with Crippen molar-refractivity contribution in [3.05, 3.63) is 47.7 Å². The van der Waals surface area contributed by atoms with Crippen LogP contribution in [0.1, 0.15) is 0 Å². The molecule has 4 nitrogen and oxygen atoms in total. The molecule has 3 rings (SSSR count). The highest BCUT2D eigenvalue weighted by Crippen LogP contribution is 2.36. The number of ether oxygens (including phenoxy) is 2. The highest BCUT2D eigenvalue weighted by Gasteiger charge is 2.14. The molecule has 0 saturated carbocycles. The molecule has 7 heteroatoms. The van der Waals surface area contributed by atoms with Gasteiger partial charge in [-0.1, -0.05) is 49.1 Å². The third-order valence-corrected chi connectivity index (χ3v) is 7.10. The zero-order valence-corrected chi connectivity index (χ0v) is 18.7. The van der Waals surface area contributed by atoms with E-state index in [9.17, 15) is 0 Å². The first kappa shape index (κ1) is 20.3. The third kappa shape index (κ3) is 5.51. The van der Waals surface area contributed by atoms with Crippen molar-refractivity contribution >= 4 is 42.5 Å². The summed E-state index contributed by atoms with van der Waals surface area (Å²) in [5.74, 6) is 0.847. The Kier molecular flexibility index (Phi) is 6.52. The molecule has 0 radical (unpaired) electrons. The predicted molar refractivity (Wildman–Crippen MR) is 116 cm³/mol. The molecule has 3 aromatic rings. The number of rotatable bonds is 8. The highest BCUT2D eigenvalue weighted by atomic mass is 35.5. The minimum absolute atomic E-state index is 0.479. The number of fused-ring (bicyclic) bond motifs is 1. The van der Waals surface area contributed by atoms with Crippen molar-refractivity contribution < 1.29 is 9.47 Å². The lowest BCUT2D eigenvalue weighted by molar-refractivity contribution is 0.0896. The largest absolute Gasteiger partial charge is 0.497 e. The van der Waals surface area contributed by atoms with Crippen LogP contribution in [0.5, 0.6) is 5.75 Å². The number of hydrogen-bond donors (Lipinski definition) is 0. The van der Waals surface area contributed by atoms with Crippen LogP contribution < -0.4 is 4.74 Å². The molecule has 0 spiro atoms. The van der Waals surface area contributed by atoms with Crippen molar-refractivity contribution in [2.24, 2.45) is 0 Å². The first-order valence-corrected chi connectivity index (χ1v) is 13.8. The minimum Gasteiger partial charge on any atom is -0.497 e. The number of halogens is 1. The van der Waals surface area contributed by atoms with Crippen LogP contribution in [0, 0.1) is 0 Å². The van der Waals surface area contributed by atoms with Gasteiger partial charge in [0.25, 0.3) is 0 Å². The number of hydrogen-bond acceptors (Lipinski definition) is 4. The van der Waals surface area contributed by atoms with E-state index in [0.717, 1.165) is 39.2 Å². The molecule has 0 fully saturated rings. The van der Waals surface area contributed by atoms with Gasteiger partial charge < -0.3 is 14.0 Å². The zero-order chi connectivity index (χ0) is 19.4. The summed E-state index contributed by atoms with van der Waals surface area (Å²) in [6, 6.07) is 13.0. The summed E-state index contributed by atoms with van der Waals surface area (Å²) >= 11 is 7.82. The van der Waals surface area contributed by atoms with E-state index in [1.165, 1.54) is 0 Å². The van der Waals surface area contributed by atoms with Gasteiger partial charge in [0.15, 0.2) is 0 Å². The summed E-state index contributed by atoms with van der Waals surface area (Å²) in [5, 5.41) is 1.56. The Labute approximate surface area is 170 Å². The molecule has 1 aromatic carbocycles. The van der Waals surface area contributed by atoms with Crippen molar-refractivity contribution in [3.63, 3.8) is 0 Å². The van der Waals surface area contributed by atoms with Crippen LogP contribution in [0.15, 0.2) is 52.4 Å². The Hall–Kier alpha value is -1.47. The fraction of sp³-hybridized carbons (Fsp3) is 0.350. The summed E-state index contributed by atoms with van der Waals surface area (Å²) < 4.78 is 13.3. The van der Waals surface area contributed by atoms with E-state index in [0.29, 0.717) is 11.9 Å². The standard InChI is InChI=1S/C20H25ClN2O2SSi/c1-24-15-6-5-7-16(12-15)26-18-13-23(14-25-10-11-27(2,3)4)20-17(18)8-9-19(21)22-20/h5-9,12-13H,10-11,14H2,1-4H3. The van der Waals surface area contributed by atoms with Gasteiger partial charge in [-0.2, -0.15) is 0 Å². The van der Waals surface area contributed by atoms with E-state index >= 15 is 0 Å². The van der Waals surface area contributed by atoms with Gasteiger partial charge >= 0.3 is 0 Å². The minimum atomic E-state index is -1.10.